The molecule has 1 heterocycles. The van der Waals surface area contributed by atoms with Gasteiger partial charge < -0.3 is 15.3 Å². The molecule has 1 aliphatic heterocycles. The van der Waals surface area contributed by atoms with Crippen molar-refractivity contribution in [3.05, 3.63) is 35.9 Å². The summed E-state index contributed by atoms with van der Waals surface area (Å²) in [5, 5.41) is 12.5. The molecule has 5 heteroatoms. The van der Waals surface area contributed by atoms with Crippen LogP contribution >= 0.6 is 0 Å². The molecule has 2 N–H and O–H groups in total. The number of hydrogen-bond donors (Lipinski definition) is 2. The first-order chi connectivity index (χ1) is 11.8. The van der Waals surface area contributed by atoms with Crippen LogP contribution in [0.4, 0.5) is 0 Å². The second kappa shape index (κ2) is 8.48. The van der Waals surface area contributed by atoms with Gasteiger partial charge in [0.25, 0.3) is 5.91 Å². The van der Waals surface area contributed by atoms with Crippen LogP contribution in [-0.4, -0.2) is 47.1 Å². The molecule has 0 bridgehead atoms. The average Bonchev–Trinajstić information content (AvgIpc) is 2.60. The van der Waals surface area contributed by atoms with Crippen molar-refractivity contribution >= 4 is 11.8 Å². The number of benzene rings is 1. The van der Waals surface area contributed by atoms with Gasteiger partial charge in [0.05, 0.1) is 12.6 Å². The van der Waals surface area contributed by atoms with Gasteiger partial charge in [0.15, 0.2) is 0 Å². The average molecular weight is 346 g/mol. The molecule has 0 spiro atoms. The van der Waals surface area contributed by atoms with Gasteiger partial charge in [-0.05, 0) is 43.2 Å². The molecule has 0 aliphatic carbocycles. The topological polar surface area (TPSA) is 69.6 Å². The van der Waals surface area contributed by atoms with Crippen LogP contribution in [0.1, 0.15) is 56.8 Å². The zero-order valence-electron chi connectivity index (χ0n) is 15.5. The highest BCUT2D eigenvalue weighted by atomic mass is 16.3. The summed E-state index contributed by atoms with van der Waals surface area (Å²) in [5.74, 6) is -0.260. The summed E-state index contributed by atoms with van der Waals surface area (Å²) in [7, 11) is 0. The maximum absolute atomic E-state index is 12.8. The van der Waals surface area contributed by atoms with Gasteiger partial charge in [-0.2, -0.15) is 0 Å². The molecule has 138 valence electrons. The van der Waals surface area contributed by atoms with Gasteiger partial charge in [-0.25, -0.2) is 0 Å². The van der Waals surface area contributed by atoms with Gasteiger partial charge in [0.2, 0.25) is 5.91 Å². The van der Waals surface area contributed by atoms with E-state index in [1.54, 1.807) is 17.0 Å². The van der Waals surface area contributed by atoms with Crippen LogP contribution in [0.15, 0.2) is 30.3 Å². The number of nitrogens with one attached hydrogen (secondary N) is 1. The van der Waals surface area contributed by atoms with Gasteiger partial charge >= 0.3 is 0 Å². The molecule has 0 saturated carbocycles. The first-order valence-corrected chi connectivity index (χ1v) is 9.09. The quantitative estimate of drug-likeness (QED) is 0.861. The molecular formula is C20H30N2O3. The molecule has 1 aromatic rings. The fourth-order valence-electron chi connectivity index (χ4n) is 3.39. The SMILES string of the molecule is CC(C)(C)CC(CO)NC(=O)C1CCCCN1C(=O)c1ccccc1. The maximum atomic E-state index is 12.8. The zero-order valence-corrected chi connectivity index (χ0v) is 15.5. The van der Waals surface area contributed by atoms with Crippen LogP contribution < -0.4 is 5.32 Å². The summed E-state index contributed by atoms with van der Waals surface area (Å²) in [4.78, 5) is 27.3. The van der Waals surface area contributed by atoms with Crippen molar-refractivity contribution in [2.45, 2.75) is 58.5 Å². The van der Waals surface area contributed by atoms with Crippen LogP contribution in [0.5, 0.6) is 0 Å². The summed E-state index contributed by atoms with van der Waals surface area (Å²) >= 11 is 0. The fourth-order valence-corrected chi connectivity index (χ4v) is 3.39. The van der Waals surface area contributed by atoms with Crippen molar-refractivity contribution in [2.75, 3.05) is 13.2 Å². The Morgan fingerprint density at radius 1 is 1.24 bits per heavy atom. The van der Waals surface area contributed by atoms with E-state index in [9.17, 15) is 14.7 Å². The highest BCUT2D eigenvalue weighted by molar-refractivity contribution is 5.97. The van der Waals surface area contributed by atoms with Crippen LogP contribution in [0.2, 0.25) is 0 Å². The van der Waals surface area contributed by atoms with E-state index in [1.165, 1.54) is 0 Å². The number of hydrogen-bond acceptors (Lipinski definition) is 3. The number of amides is 2. The number of aliphatic hydroxyl groups is 1. The van der Waals surface area contributed by atoms with Crippen molar-refractivity contribution < 1.29 is 14.7 Å². The standard InChI is InChI=1S/C20H30N2O3/c1-20(2,3)13-16(14-23)21-18(24)17-11-7-8-12-22(17)19(25)15-9-5-4-6-10-15/h4-6,9-10,16-17,23H,7-8,11-14H2,1-3H3,(H,21,24). The normalized spacial score (nSPS) is 19.4. The molecule has 25 heavy (non-hydrogen) atoms. The van der Waals surface area contributed by atoms with E-state index in [-0.39, 0.29) is 29.9 Å². The van der Waals surface area contributed by atoms with Crippen LogP contribution in [0.3, 0.4) is 0 Å². The van der Waals surface area contributed by atoms with Crippen molar-refractivity contribution in [2.24, 2.45) is 5.41 Å². The molecule has 1 aliphatic rings. The Balaban J connectivity index is 2.09. The van der Waals surface area contributed by atoms with Crippen LogP contribution in [0.25, 0.3) is 0 Å². The Kier molecular flexibility index (Phi) is 6.59. The number of rotatable bonds is 5. The monoisotopic (exact) mass is 346 g/mol. The minimum Gasteiger partial charge on any atom is -0.394 e. The fraction of sp³-hybridized carbons (Fsp3) is 0.600. The second-order valence-electron chi connectivity index (χ2n) is 8.03. The highest BCUT2D eigenvalue weighted by Crippen LogP contribution is 2.23. The third kappa shape index (κ3) is 5.56. The minimum absolute atomic E-state index is 0.00673. The largest absolute Gasteiger partial charge is 0.394 e. The molecule has 1 aromatic carbocycles. The van der Waals surface area contributed by atoms with E-state index in [4.69, 9.17) is 0 Å². The zero-order chi connectivity index (χ0) is 18.4. The molecule has 5 nitrogen and oxygen atoms in total. The number of likely N-dealkylation sites (tertiary alicyclic amines) is 1. The van der Waals surface area contributed by atoms with Crippen molar-refractivity contribution in [3.8, 4) is 0 Å². The van der Waals surface area contributed by atoms with Gasteiger partial charge in [-0.1, -0.05) is 39.0 Å². The number of carbonyl (C=O) groups excluding carboxylic acids is 2. The van der Waals surface area contributed by atoms with Gasteiger partial charge in [-0.15, -0.1) is 0 Å². The Hall–Kier alpha value is -1.88. The van der Waals surface area contributed by atoms with Crippen molar-refractivity contribution in [1.29, 1.82) is 0 Å². The van der Waals surface area contributed by atoms with Gasteiger partial charge in [-0.3, -0.25) is 9.59 Å². The number of nitrogens with zero attached hydrogens (tertiary/aromatic N) is 1. The molecule has 0 aromatic heterocycles. The van der Waals surface area contributed by atoms with Crippen LogP contribution in [0, 0.1) is 5.41 Å². The molecule has 2 unspecified atom stereocenters. The molecule has 0 radical (unpaired) electrons. The predicted octanol–water partition coefficient (Wildman–Crippen LogP) is 2.59. The summed E-state index contributed by atoms with van der Waals surface area (Å²) in [6.07, 6.45) is 3.19. The minimum atomic E-state index is -0.463. The van der Waals surface area contributed by atoms with Crippen molar-refractivity contribution in [3.63, 3.8) is 0 Å². The second-order valence-corrected chi connectivity index (χ2v) is 8.03. The summed E-state index contributed by atoms with van der Waals surface area (Å²) in [5.41, 5.74) is 0.614. The Labute approximate surface area is 150 Å². The van der Waals surface area contributed by atoms with E-state index >= 15 is 0 Å². The Bertz CT molecular complexity index is 580. The van der Waals surface area contributed by atoms with E-state index < -0.39 is 6.04 Å². The number of piperidine rings is 1. The maximum Gasteiger partial charge on any atom is 0.254 e. The lowest BCUT2D eigenvalue weighted by Crippen LogP contribution is -2.54. The first-order valence-electron chi connectivity index (χ1n) is 9.09. The number of aliphatic hydroxyl groups excluding tert-OH is 1. The molecule has 2 rings (SSSR count). The van der Waals surface area contributed by atoms with E-state index in [1.807, 2.05) is 18.2 Å². The lowest BCUT2D eigenvalue weighted by molar-refractivity contribution is -0.127. The molecule has 1 saturated heterocycles. The highest BCUT2D eigenvalue weighted by Gasteiger charge is 2.33. The predicted molar refractivity (Wildman–Crippen MR) is 98.2 cm³/mol. The molecular weight excluding hydrogens is 316 g/mol. The smallest absolute Gasteiger partial charge is 0.254 e. The van der Waals surface area contributed by atoms with E-state index in [2.05, 4.69) is 26.1 Å². The molecule has 2 amide bonds. The lowest BCUT2D eigenvalue weighted by atomic mass is 9.88. The van der Waals surface area contributed by atoms with E-state index in [0.29, 0.717) is 24.9 Å². The van der Waals surface area contributed by atoms with Crippen molar-refractivity contribution in [1.82, 2.24) is 10.2 Å². The van der Waals surface area contributed by atoms with Gasteiger partial charge in [0, 0.05) is 12.1 Å². The first kappa shape index (κ1) is 19.4. The third-order valence-corrected chi connectivity index (χ3v) is 4.51. The summed E-state index contributed by atoms with van der Waals surface area (Å²) < 4.78 is 0. The van der Waals surface area contributed by atoms with Gasteiger partial charge in [0.1, 0.15) is 6.04 Å². The lowest BCUT2D eigenvalue weighted by Gasteiger charge is -2.36. The summed E-state index contributed by atoms with van der Waals surface area (Å²) in [6.45, 7) is 6.73. The Morgan fingerprint density at radius 3 is 2.52 bits per heavy atom. The van der Waals surface area contributed by atoms with Crippen LogP contribution in [-0.2, 0) is 4.79 Å². The Morgan fingerprint density at radius 2 is 1.92 bits per heavy atom. The third-order valence-electron chi connectivity index (χ3n) is 4.51. The molecule has 1 fully saturated rings. The molecule has 2 atom stereocenters. The number of carbonyl (C=O) groups is 2. The van der Waals surface area contributed by atoms with E-state index in [0.717, 1.165) is 12.8 Å². The summed E-state index contributed by atoms with van der Waals surface area (Å²) in [6, 6.07) is 8.34.